The summed E-state index contributed by atoms with van der Waals surface area (Å²) in [5.74, 6) is -2.21. The third-order valence-electron chi connectivity index (χ3n) is 10.3. The van der Waals surface area contributed by atoms with Crippen molar-refractivity contribution in [2.45, 2.75) is 62.6 Å². The van der Waals surface area contributed by atoms with Crippen molar-refractivity contribution >= 4 is 40.9 Å². The van der Waals surface area contributed by atoms with Gasteiger partial charge in [0.15, 0.2) is 5.66 Å². The van der Waals surface area contributed by atoms with E-state index >= 15 is 4.79 Å². The van der Waals surface area contributed by atoms with Gasteiger partial charge in [0.1, 0.15) is 5.75 Å². The molecule has 3 atom stereocenters. The predicted octanol–water partition coefficient (Wildman–Crippen LogP) is 5.54. The molecule has 284 valence electrons. The second kappa shape index (κ2) is 16.3. The van der Waals surface area contributed by atoms with Crippen molar-refractivity contribution in [1.82, 2.24) is 25.8 Å². The largest absolute Gasteiger partial charge is 0.493 e. The lowest BCUT2D eigenvalue weighted by atomic mass is 9.93. The first-order valence-electron chi connectivity index (χ1n) is 17.8. The Bertz CT molecular complexity index is 1740. The number of alkyl halides is 3. The second-order valence-electron chi connectivity index (χ2n) is 13.8. The van der Waals surface area contributed by atoms with Crippen molar-refractivity contribution in [3.8, 4) is 5.75 Å². The molecule has 53 heavy (non-hydrogen) atoms. The normalized spacial score (nSPS) is 24.2. The number of benzene rings is 3. The van der Waals surface area contributed by atoms with E-state index in [0.717, 1.165) is 23.3 Å². The topological polar surface area (TPSA) is 129 Å². The number of nitrogens with zero attached hydrogens (tertiary/aromatic N) is 2. The van der Waals surface area contributed by atoms with Gasteiger partial charge in [0.25, 0.3) is 5.91 Å². The van der Waals surface area contributed by atoms with Gasteiger partial charge in [-0.1, -0.05) is 53.5 Å². The summed E-state index contributed by atoms with van der Waals surface area (Å²) in [7, 11) is 0. The van der Waals surface area contributed by atoms with E-state index in [1.807, 2.05) is 29.2 Å². The first kappa shape index (κ1) is 39.0. The van der Waals surface area contributed by atoms with Crippen molar-refractivity contribution in [1.29, 1.82) is 0 Å². The molecule has 0 radical (unpaired) electrons. The highest BCUT2D eigenvalue weighted by Gasteiger charge is 2.56. The number of carbonyl (C=O) groups is 3. The van der Waals surface area contributed by atoms with Gasteiger partial charge in [0, 0.05) is 28.2 Å². The van der Waals surface area contributed by atoms with E-state index in [1.54, 1.807) is 31.2 Å². The molecule has 3 aromatic carbocycles. The van der Waals surface area contributed by atoms with Gasteiger partial charge in [-0.25, -0.2) is 0 Å². The lowest BCUT2D eigenvalue weighted by molar-refractivity contribution is -0.155. The van der Waals surface area contributed by atoms with Crippen molar-refractivity contribution in [2.24, 2.45) is 11.7 Å². The molecule has 15 heteroatoms. The Balaban J connectivity index is 1.52. The average Bonchev–Trinajstić information content (AvgIpc) is 3.54. The van der Waals surface area contributed by atoms with Crippen LogP contribution >= 0.6 is 23.2 Å². The van der Waals surface area contributed by atoms with Gasteiger partial charge in [-0.15, -0.1) is 0 Å². The number of nitrogens with one attached hydrogen (secondary N) is 3. The van der Waals surface area contributed by atoms with E-state index in [-0.39, 0.29) is 31.0 Å². The van der Waals surface area contributed by atoms with Gasteiger partial charge in [-0.2, -0.15) is 13.2 Å². The maximum Gasteiger partial charge on any atom is 0.416 e. The number of rotatable bonds is 10. The van der Waals surface area contributed by atoms with Crippen LogP contribution < -0.4 is 26.4 Å². The Morgan fingerprint density at radius 3 is 2.04 bits per heavy atom. The highest BCUT2D eigenvalue weighted by Crippen LogP contribution is 2.46. The minimum absolute atomic E-state index is 0.00668. The van der Waals surface area contributed by atoms with Gasteiger partial charge in [0.2, 0.25) is 11.8 Å². The molecule has 3 amide bonds. The summed E-state index contributed by atoms with van der Waals surface area (Å²) in [6.45, 7) is 3.42. The molecule has 0 bridgehead atoms. The van der Waals surface area contributed by atoms with E-state index in [1.165, 1.54) is 11.0 Å². The molecule has 3 fully saturated rings. The molecular weight excluding hydrogens is 732 g/mol. The molecule has 0 aromatic heterocycles. The third-order valence-corrected chi connectivity index (χ3v) is 10.8. The molecule has 3 aromatic rings. The average molecular weight is 776 g/mol. The molecule has 6 rings (SSSR count). The number of primary amides is 1. The van der Waals surface area contributed by atoms with Crippen LogP contribution in [-0.4, -0.2) is 72.9 Å². The molecule has 3 saturated heterocycles. The summed E-state index contributed by atoms with van der Waals surface area (Å²) in [5, 5.41) is 11.3. The first-order valence-corrected chi connectivity index (χ1v) is 18.6. The van der Waals surface area contributed by atoms with Gasteiger partial charge >= 0.3 is 6.18 Å². The Kier molecular flexibility index (Phi) is 12.0. The van der Waals surface area contributed by atoms with Crippen LogP contribution in [-0.2, 0) is 26.2 Å². The lowest BCUT2D eigenvalue weighted by Crippen LogP contribution is -2.64. The fourth-order valence-corrected chi connectivity index (χ4v) is 7.92. The molecule has 5 N–H and O–H groups in total. The van der Waals surface area contributed by atoms with E-state index in [9.17, 15) is 22.8 Å². The quantitative estimate of drug-likeness (QED) is 0.212. The summed E-state index contributed by atoms with van der Waals surface area (Å²) in [6.07, 6.45) is -2.50. The third kappa shape index (κ3) is 8.50. The number of halogens is 5. The SMILES string of the molecule is CCOc1cc(C(F)(F)F)ccc1C1(C(=O)N(C(=O)CN2CCCC(C(N)=O)C2)C2CCNCC2)NC(c2ccc(Cl)cc2)C(c2ccc(Cl)cc2)N1. The number of likely N-dealkylation sites (tertiary alicyclic amines) is 1. The minimum Gasteiger partial charge on any atom is -0.493 e. The molecule has 3 unspecified atom stereocenters. The van der Waals surface area contributed by atoms with E-state index in [2.05, 4.69) is 16.0 Å². The highest BCUT2D eigenvalue weighted by atomic mass is 35.5. The molecule has 0 aliphatic carbocycles. The second-order valence-corrected chi connectivity index (χ2v) is 14.6. The monoisotopic (exact) mass is 774 g/mol. The molecule has 0 saturated carbocycles. The number of amides is 3. The molecular formula is C38H43Cl2F3N6O4. The molecule has 3 aliphatic rings. The van der Waals surface area contributed by atoms with Crippen LogP contribution in [0.3, 0.4) is 0 Å². The summed E-state index contributed by atoms with van der Waals surface area (Å²) in [6, 6.07) is 15.3. The van der Waals surface area contributed by atoms with Gasteiger partial charge < -0.3 is 15.8 Å². The number of imide groups is 1. The van der Waals surface area contributed by atoms with Gasteiger partial charge in [0.05, 0.1) is 36.7 Å². The van der Waals surface area contributed by atoms with Crippen molar-refractivity contribution in [3.05, 3.63) is 99.0 Å². The zero-order valence-electron chi connectivity index (χ0n) is 29.2. The fourth-order valence-electron chi connectivity index (χ4n) is 7.67. The van der Waals surface area contributed by atoms with Crippen LogP contribution in [0.2, 0.25) is 10.0 Å². The number of piperidine rings is 2. The Labute approximate surface area is 316 Å². The maximum atomic E-state index is 15.7. The molecule has 3 heterocycles. The van der Waals surface area contributed by atoms with Crippen LogP contribution in [0.1, 0.15) is 66.9 Å². The zero-order chi connectivity index (χ0) is 37.9. The van der Waals surface area contributed by atoms with Crippen molar-refractivity contribution in [3.63, 3.8) is 0 Å². The minimum atomic E-state index is -4.69. The van der Waals surface area contributed by atoms with Gasteiger partial charge in [-0.3, -0.25) is 34.8 Å². The van der Waals surface area contributed by atoms with Crippen molar-refractivity contribution in [2.75, 3.05) is 39.3 Å². The summed E-state index contributed by atoms with van der Waals surface area (Å²) in [5.41, 5.74) is 4.25. The summed E-state index contributed by atoms with van der Waals surface area (Å²) in [4.78, 5) is 45.4. The highest BCUT2D eigenvalue weighted by molar-refractivity contribution is 6.30. The smallest absolute Gasteiger partial charge is 0.416 e. The van der Waals surface area contributed by atoms with Crippen LogP contribution in [0.5, 0.6) is 5.75 Å². The Morgan fingerprint density at radius 2 is 1.51 bits per heavy atom. The summed E-state index contributed by atoms with van der Waals surface area (Å²) < 4.78 is 48.2. The number of nitrogens with two attached hydrogens (primary N) is 1. The maximum absolute atomic E-state index is 15.7. The standard InChI is InChI=1S/C38H43Cl2F3N6O4/c1-2-53-31-20-26(38(41,42)43)9-14-30(31)37(46-33(23-5-10-27(39)11-6-23)34(47-37)24-7-12-28(40)13-8-24)36(52)49(29-15-17-45-18-16-29)32(50)22-48-19-3-4-25(21-48)35(44)51/h5-14,20,25,29,33-34,45-47H,2-4,15-19,21-22H2,1H3,(H2,44,51). The zero-order valence-corrected chi connectivity index (χ0v) is 30.7. The Hall–Kier alpha value is -3.72. The van der Waals surface area contributed by atoms with E-state index < -0.39 is 59.2 Å². The fraction of sp³-hybridized carbons (Fsp3) is 0.447. The molecule has 0 spiro atoms. The molecule has 3 aliphatic heterocycles. The van der Waals surface area contributed by atoms with Crippen LogP contribution in [0.25, 0.3) is 0 Å². The van der Waals surface area contributed by atoms with Crippen molar-refractivity contribution < 1.29 is 32.3 Å². The number of carbonyl (C=O) groups excluding carboxylic acids is 3. The van der Waals surface area contributed by atoms with Crippen LogP contribution in [0.15, 0.2) is 66.7 Å². The Morgan fingerprint density at radius 1 is 0.925 bits per heavy atom. The van der Waals surface area contributed by atoms with Crippen LogP contribution in [0.4, 0.5) is 13.2 Å². The first-order chi connectivity index (χ1) is 25.3. The summed E-state index contributed by atoms with van der Waals surface area (Å²) >= 11 is 12.6. The number of hydrogen-bond donors (Lipinski definition) is 4. The van der Waals surface area contributed by atoms with Gasteiger partial charge in [-0.05, 0) is 99.8 Å². The van der Waals surface area contributed by atoms with E-state index in [0.29, 0.717) is 55.4 Å². The lowest BCUT2D eigenvalue weighted by Gasteiger charge is -2.41. The number of ether oxygens (including phenoxy) is 1. The van der Waals surface area contributed by atoms with E-state index in [4.69, 9.17) is 33.7 Å². The predicted molar refractivity (Wildman–Crippen MR) is 195 cm³/mol. The molecule has 10 nitrogen and oxygen atoms in total. The van der Waals surface area contributed by atoms with Crippen LogP contribution in [0, 0.1) is 5.92 Å². The number of hydrogen-bond acceptors (Lipinski definition) is 8.